The molecule has 1 nitrogen and oxygen atoms in total. The first-order valence-corrected chi connectivity index (χ1v) is 5.78. The Morgan fingerprint density at radius 2 is 2.00 bits per heavy atom. The highest BCUT2D eigenvalue weighted by atomic mass is 19.4. The average Bonchev–Trinajstić information content (AvgIpc) is 2.51. The Bertz CT molecular complexity index is 439. The van der Waals surface area contributed by atoms with E-state index >= 15 is 0 Å². The van der Waals surface area contributed by atoms with Crippen LogP contribution < -0.4 is 5.32 Å². The van der Waals surface area contributed by atoms with E-state index in [1.54, 1.807) is 6.07 Å². The average molecular weight is 243 g/mol. The minimum Gasteiger partial charge on any atom is -0.379 e. The van der Waals surface area contributed by atoms with E-state index in [4.69, 9.17) is 0 Å². The summed E-state index contributed by atoms with van der Waals surface area (Å²) < 4.78 is 38.8. The predicted octanol–water partition coefficient (Wildman–Crippen LogP) is 4.40. The largest absolute Gasteiger partial charge is 0.416 e. The van der Waals surface area contributed by atoms with Crippen molar-refractivity contribution in [3.05, 3.63) is 29.3 Å². The highest BCUT2D eigenvalue weighted by Crippen LogP contribution is 2.49. The maximum Gasteiger partial charge on any atom is 0.416 e. The van der Waals surface area contributed by atoms with Crippen LogP contribution >= 0.6 is 0 Å². The van der Waals surface area contributed by atoms with E-state index in [1.807, 2.05) is 20.8 Å². The molecule has 1 heterocycles. The van der Waals surface area contributed by atoms with Crippen molar-refractivity contribution in [3.63, 3.8) is 0 Å². The van der Waals surface area contributed by atoms with Crippen molar-refractivity contribution in [1.82, 2.24) is 0 Å². The predicted molar refractivity (Wildman–Crippen MR) is 62.2 cm³/mol. The fourth-order valence-electron chi connectivity index (χ4n) is 2.52. The number of nitrogens with one attached hydrogen (secondary N) is 1. The number of benzene rings is 1. The normalized spacial score (nSPS) is 27.8. The molecule has 1 aliphatic rings. The molecule has 94 valence electrons. The zero-order chi connectivity index (χ0) is 12.8. The van der Waals surface area contributed by atoms with Gasteiger partial charge in [0.15, 0.2) is 0 Å². The van der Waals surface area contributed by atoms with Gasteiger partial charge < -0.3 is 5.32 Å². The molecule has 0 amide bonds. The van der Waals surface area contributed by atoms with E-state index in [1.165, 1.54) is 12.1 Å². The lowest BCUT2D eigenvalue weighted by Crippen LogP contribution is -2.34. The number of anilines is 1. The van der Waals surface area contributed by atoms with Crippen LogP contribution in [-0.4, -0.2) is 5.54 Å². The van der Waals surface area contributed by atoms with Gasteiger partial charge in [-0.3, -0.25) is 0 Å². The van der Waals surface area contributed by atoms with Crippen molar-refractivity contribution in [1.29, 1.82) is 0 Å². The Morgan fingerprint density at radius 1 is 1.35 bits per heavy atom. The molecule has 1 aliphatic heterocycles. The van der Waals surface area contributed by atoms with E-state index in [2.05, 4.69) is 5.32 Å². The minimum absolute atomic E-state index is 0.139. The first kappa shape index (κ1) is 12.3. The second kappa shape index (κ2) is 3.65. The van der Waals surface area contributed by atoms with Gasteiger partial charge in [0, 0.05) is 17.1 Å². The highest BCUT2D eigenvalue weighted by molar-refractivity contribution is 5.64. The van der Waals surface area contributed by atoms with Gasteiger partial charge in [0.2, 0.25) is 0 Å². The quantitative estimate of drug-likeness (QED) is 0.770. The molecule has 0 fully saturated rings. The summed E-state index contributed by atoms with van der Waals surface area (Å²) in [5.74, 6) is -0.139. The van der Waals surface area contributed by atoms with Gasteiger partial charge in [-0.05, 0) is 31.0 Å². The molecule has 0 radical (unpaired) electrons. The van der Waals surface area contributed by atoms with E-state index in [0.29, 0.717) is 11.3 Å². The summed E-state index contributed by atoms with van der Waals surface area (Å²) in [6.07, 6.45) is -3.49. The van der Waals surface area contributed by atoms with Gasteiger partial charge in [0.1, 0.15) is 0 Å². The molecule has 2 rings (SSSR count). The third-order valence-corrected chi connectivity index (χ3v) is 3.95. The van der Waals surface area contributed by atoms with Gasteiger partial charge >= 0.3 is 6.18 Å². The molecular formula is C13H16F3N. The third-order valence-electron chi connectivity index (χ3n) is 3.95. The maximum absolute atomic E-state index is 12.9. The zero-order valence-electron chi connectivity index (χ0n) is 10.2. The van der Waals surface area contributed by atoms with Gasteiger partial charge in [-0.1, -0.05) is 19.9 Å². The lowest BCUT2D eigenvalue weighted by Gasteiger charge is -2.29. The molecule has 0 saturated carbocycles. The van der Waals surface area contributed by atoms with Gasteiger partial charge in [-0.25, -0.2) is 0 Å². The van der Waals surface area contributed by atoms with Crippen LogP contribution in [0, 0.1) is 0 Å². The molecule has 0 aromatic heterocycles. The van der Waals surface area contributed by atoms with Crippen molar-refractivity contribution in [3.8, 4) is 0 Å². The fraction of sp³-hybridized carbons (Fsp3) is 0.538. The Balaban J connectivity index is 2.57. The summed E-state index contributed by atoms with van der Waals surface area (Å²) in [6, 6.07) is 4.35. The lowest BCUT2D eigenvalue weighted by molar-refractivity contribution is -0.138. The first-order valence-electron chi connectivity index (χ1n) is 5.78. The number of fused-ring (bicyclic) bond motifs is 1. The van der Waals surface area contributed by atoms with Crippen molar-refractivity contribution in [2.24, 2.45) is 0 Å². The van der Waals surface area contributed by atoms with Crippen LogP contribution in [0.1, 0.15) is 44.2 Å². The Hall–Kier alpha value is -1.19. The van der Waals surface area contributed by atoms with Crippen LogP contribution in [0.5, 0.6) is 0 Å². The zero-order valence-corrected chi connectivity index (χ0v) is 10.2. The maximum atomic E-state index is 12.9. The standard InChI is InChI=1S/C13H16F3N/c1-4-12(3)8(2)11-9(13(14,15)16)6-5-7-10(11)17-12/h5-8,17H,4H2,1-3H3. The van der Waals surface area contributed by atoms with E-state index in [0.717, 1.165) is 6.42 Å². The summed E-state index contributed by atoms with van der Waals surface area (Å²) in [5.41, 5.74) is 0.233. The first-order chi connectivity index (χ1) is 7.79. The Labute approximate surface area is 99.0 Å². The molecule has 4 heteroatoms. The summed E-state index contributed by atoms with van der Waals surface area (Å²) in [4.78, 5) is 0. The van der Waals surface area contributed by atoms with Crippen molar-refractivity contribution in [2.45, 2.75) is 44.8 Å². The minimum atomic E-state index is -4.28. The summed E-state index contributed by atoms with van der Waals surface area (Å²) in [7, 11) is 0. The molecular weight excluding hydrogens is 227 g/mol. The van der Waals surface area contributed by atoms with Crippen molar-refractivity contribution < 1.29 is 13.2 Å². The molecule has 1 aromatic rings. The number of halogens is 3. The van der Waals surface area contributed by atoms with Crippen LogP contribution in [-0.2, 0) is 6.18 Å². The number of hydrogen-bond acceptors (Lipinski definition) is 1. The fourth-order valence-corrected chi connectivity index (χ4v) is 2.52. The molecule has 2 unspecified atom stereocenters. The lowest BCUT2D eigenvalue weighted by atomic mass is 9.82. The molecule has 2 atom stereocenters. The Morgan fingerprint density at radius 3 is 2.53 bits per heavy atom. The molecule has 0 spiro atoms. The van der Waals surface area contributed by atoms with Crippen molar-refractivity contribution >= 4 is 5.69 Å². The van der Waals surface area contributed by atoms with E-state index < -0.39 is 11.7 Å². The van der Waals surface area contributed by atoms with Crippen LogP contribution in [0.2, 0.25) is 0 Å². The van der Waals surface area contributed by atoms with E-state index in [9.17, 15) is 13.2 Å². The highest BCUT2D eigenvalue weighted by Gasteiger charge is 2.44. The monoisotopic (exact) mass is 243 g/mol. The molecule has 0 bridgehead atoms. The Kier molecular flexibility index (Phi) is 2.64. The van der Waals surface area contributed by atoms with Crippen LogP contribution in [0.25, 0.3) is 0 Å². The van der Waals surface area contributed by atoms with Gasteiger partial charge in [0.05, 0.1) is 5.56 Å². The topological polar surface area (TPSA) is 12.0 Å². The van der Waals surface area contributed by atoms with E-state index in [-0.39, 0.29) is 11.5 Å². The van der Waals surface area contributed by atoms with Crippen LogP contribution in [0.15, 0.2) is 18.2 Å². The second-order valence-corrected chi connectivity index (χ2v) is 4.88. The number of rotatable bonds is 1. The summed E-state index contributed by atoms with van der Waals surface area (Å²) in [5, 5.41) is 3.22. The number of hydrogen-bond donors (Lipinski definition) is 1. The number of alkyl halides is 3. The molecule has 0 aliphatic carbocycles. The van der Waals surface area contributed by atoms with Gasteiger partial charge in [-0.2, -0.15) is 13.2 Å². The SMILES string of the molecule is CCC1(C)Nc2cccc(C(F)(F)F)c2C1C. The van der Waals surface area contributed by atoms with Gasteiger partial charge in [-0.15, -0.1) is 0 Å². The summed E-state index contributed by atoms with van der Waals surface area (Å²) >= 11 is 0. The van der Waals surface area contributed by atoms with Crippen LogP contribution in [0.4, 0.5) is 18.9 Å². The third kappa shape index (κ3) is 1.79. The molecule has 17 heavy (non-hydrogen) atoms. The smallest absolute Gasteiger partial charge is 0.379 e. The van der Waals surface area contributed by atoms with Gasteiger partial charge in [0.25, 0.3) is 0 Å². The molecule has 1 N–H and O–H groups in total. The molecule has 0 saturated heterocycles. The van der Waals surface area contributed by atoms with Crippen molar-refractivity contribution in [2.75, 3.05) is 5.32 Å². The summed E-state index contributed by atoms with van der Waals surface area (Å²) in [6.45, 7) is 5.82. The molecule has 1 aromatic carbocycles. The second-order valence-electron chi connectivity index (χ2n) is 4.88. The van der Waals surface area contributed by atoms with Crippen LogP contribution in [0.3, 0.4) is 0 Å².